The highest BCUT2D eigenvalue weighted by molar-refractivity contribution is 5.61. The summed E-state index contributed by atoms with van der Waals surface area (Å²) in [5.41, 5.74) is 1.16. The molecule has 1 N–H and O–H groups in total. The summed E-state index contributed by atoms with van der Waals surface area (Å²) in [5.74, 6) is 0. The van der Waals surface area contributed by atoms with E-state index in [0.717, 1.165) is 11.8 Å². The second-order valence-corrected chi connectivity index (χ2v) is 3.03. The van der Waals surface area contributed by atoms with E-state index in [1.165, 1.54) is 10.8 Å². The van der Waals surface area contributed by atoms with Gasteiger partial charge in [-0.3, -0.25) is 4.79 Å². The van der Waals surface area contributed by atoms with Crippen LogP contribution in [0.25, 0.3) is 11.6 Å². The summed E-state index contributed by atoms with van der Waals surface area (Å²) >= 11 is 0. The van der Waals surface area contributed by atoms with E-state index in [4.69, 9.17) is 0 Å². The number of hydrogen-bond donors (Lipinski definition) is 1. The summed E-state index contributed by atoms with van der Waals surface area (Å²) in [6.07, 6.45) is 7.77. The first kappa shape index (κ1) is 9.39. The minimum absolute atomic E-state index is 0.181. The number of hydrogen-bond acceptors (Lipinski definition) is 3. The fourth-order valence-corrected chi connectivity index (χ4v) is 1.31. The number of aromatic amines is 1. The largest absolute Gasteiger partial charge is 0.310 e. The third-order valence-corrected chi connectivity index (χ3v) is 1.97. The summed E-state index contributed by atoms with van der Waals surface area (Å²) in [4.78, 5) is 23.9. The van der Waals surface area contributed by atoms with Crippen LogP contribution in [0.5, 0.6) is 0 Å². The van der Waals surface area contributed by atoms with Crippen LogP contribution in [0.1, 0.15) is 12.0 Å². The summed E-state index contributed by atoms with van der Waals surface area (Å²) in [6, 6.07) is 1.72. The van der Waals surface area contributed by atoms with E-state index in [1.807, 2.05) is 0 Å². The fourth-order valence-electron chi connectivity index (χ4n) is 1.31. The summed E-state index contributed by atoms with van der Waals surface area (Å²) in [7, 11) is 0. The van der Waals surface area contributed by atoms with Crippen molar-refractivity contribution in [1.82, 2.24) is 14.6 Å². The molecular weight excluding hydrogens is 194 g/mol. The van der Waals surface area contributed by atoms with Crippen molar-refractivity contribution in [3.05, 3.63) is 40.6 Å². The molecule has 0 aliphatic heterocycles. The molecule has 0 aliphatic rings. The predicted octanol–water partition coefficient (Wildman–Crippen LogP) is 0.625. The molecule has 0 fully saturated rings. The molecule has 0 saturated heterocycles. The second kappa shape index (κ2) is 3.91. The first-order valence-corrected chi connectivity index (χ1v) is 4.47. The van der Waals surface area contributed by atoms with Crippen LogP contribution >= 0.6 is 0 Å². The summed E-state index contributed by atoms with van der Waals surface area (Å²) < 4.78 is 1.50. The van der Waals surface area contributed by atoms with E-state index >= 15 is 0 Å². The first-order chi connectivity index (χ1) is 7.31. The molecule has 15 heavy (non-hydrogen) atoms. The molecule has 0 atom stereocenters. The standard InChI is InChI=1S/C10H9N3O2/c14-4-2-1-3-8-5-9-10(15)11-7-12-13(9)6-8/h1,3-7H,2H2,(H,11,12,15). The Labute approximate surface area is 85.1 Å². The lowest BCUT2D eigenvalue weighted by atomic mass is 10.3. The number of aldehydes is 1. The Balaban J connectivity index is 2.43. The van der Waals surface area contributed by atoms with Crippen LogP contribution in [0, 0.1) is 0 Å². The highest BCUT2D eigenvalue weighted by atomic mass is 16.1. The molecule has 0 unspecified atom stereocenters. The average Bonchev–Trinajstić information content (AvgIpc) is 2.63. The van der Waals surface area contributed by atoms with Crippen molar-refractivity contribution in [2.75, 3.05) is 0 Å². The zero-order valence-electron chi connectivity index (χ0n) is 7.88. The van der Waals surface area contributed by atoms with Crippen LogP contribution in [0.4, 0.5) is 0 Å². The molecule has 5 heteroatoms. The highest BCUT2D eigenvalue weighted by Crippen LogP contribution is 2.06. The van der Waals surface area contributed by atoms with Crippen molar-refractivity contribution in [2.24, 2.45) is 0 Å². The van der Waals surface area contributed by atoms with Gasteiger partial charge < -0.3 is 9.78 Å². The maximum atomic E-state index is 11.3. The molecule has 0 radical (unpaired) electrons. The van der Waals surface area contributed by atoms with Crippen LogP contribution in [0.2, 0.25) is 0 Å². The molecule has 2 heterocycles. The predicted molar refractivity (Wildman–Crippen MR) is 55.5 cm³/mol. The number of nitrogens with one attached hydrogen (secondary N) is 1. The Morgan fingerprint density at radius 3 is 3.13 bits per heavy atom. The van der Waals surface area contributed by atoms with Gasteiger partial charge in [-0.1, -0.05) is 12.2 Å². The third-order valence-electron chi connectivity index (χ3n) is 1.97. The molecular formula is C10H9N3O2. The Bertz CT molecular complexity index is 565. The number of aromatic nitrogens is 3. The first-order valence-electron chi connectivity index (χ1n) is 4.47. The van der Waals surface area contributed by atoms with Crippen LogP contribution < -0.4 is 5.56 Å². The molecule has 0 aromatic carbocycles. The number of rotatable bonds is 3. The lowest BCUT2D eigenvalue weighted by Gasteiger charge is -1.87. The summed E-state index contributed by atoms with van der Waals surface area (Å²) in [6.45, 7) is 0. The van der Waals surface area contributed by atoms with Gasteiger partial charge in [0.15, 0.2) is 0 Å². The Morgan fingerprint density at radius 2 is 2.40 bits per heavy atom. The van der Waals surface area contributed by atoms with Crippen molar-refractivity contribution in [2.45, 2.75) is 6.42 Å². The third kappa shape index (κ3) is 1.85. The van der Waals surface area contributed by atoms with E-state index in [9.17, 15) is 9.59 Å². The molecule has 0 bridgehead atoms. The highest BCUT2D eigenvalue weighted by Gasteiger charge is 2.00. The molecule has 0 spiro atoms. The maximum Gasteiger partial charge on any atom is 0.275 e. The van der Waals surface area contributed by atoms with E-state index in [0.29, 0.717) is 11.9 Å². The smallest absolute Gasteiger partial charge is 0.275 e. The van der Waals surface area contributed by atoms with Crippen LogP contribution in [-0.4, -0.2) is 20.9 Å². The van der Waals surface area contributed by atoms with Gasteiger partial charge in [-0.05, 0) is 11.6 Å². The van der Waals surface area contributed by atoms with E-state index < -0.39 is 0 Å². The molecule has 2 aromatic rings. The maximum absolute atomic E-state index is 11.3. The Morgan fingerprint density at radius 1 is 1.53 bits per heavy atom. The van der Waals surface area contributed by atoms with Crippen LogP contribution in [-0.2, 0) is 4.79 Å². The van der Waals surface area contributed by atoms with Gasteiger partial charge in [0.2, 0.25) is 0 Å². The van der Waals surface area contributed by atoms with Crippen molar-refractivity contribution in [1.29, 1.82) is 0 Å². The van der Waals surface area contributed by atoms with Gasteiger partial charge in [0.25, 0.3) is 5.56 Å². The van der Waals surface area contributed by atoms with Gasteiger partial charge >= 0.3 is 0 Å². The molecule has 2 rings (SSSR count). The SMILES string of the molecule is O=CCC=Cc1cc2c(=O)[nH]cnn2c1. The van der Waals surface area contributed by atoms with E-state index in [1.54, 1.807) is 24.4 Å². The number of nitrogens with zero attached hydrogens (tertiary/aromatic N) is 2. The van der Waals surface area contributed by atoms with E-state index in [2.05, 4.69) is 10.1 Å². The normalized spacial score (nSPS) is 11.2. The van der Waals surface area contributed by atoms with Crippen LogP contribution in [0.3, 0.4) is 0 Å². The zero-order valence-corrected chi connectivity index (χ0v) is 7.88. The number of allylic oxidation sites excluding steroid dienone is 1. The summed E-state index contributed by atoms with van der Waals surface area (Å²) in [5, 5.41) is 3.95. The van der Waals surface area contributed by atoms with Gasteiger partial charge in [-0.2, -0.15) is 5.10 Å². The number of H-pyrrole nitrogens is 1. The number of carbonyl (C=O) groups is 1. The molecule has 2 aromatic heterocycles. The zero-order chi connectivity index (χ0) is 10.7. The monoisotopic (exact) mass is 203 g/mol. The molecule has 0 saturated carbocycles. The molecule has 0 amide bonds. The van der Waals surface area contributed by atoms with Gasteiger partial charge in [0.1, 0.15) is 18.1 Å². The van der Waals surface area contributed by atoms with Gasteiger partial charge in [0.05, 0.1) is 0 Å². The Hall–Kier alpha value is -2.17. The fraction of sp³-hybridized carbons (Fsp3) is 0.100. The van der Waals surface area contributed by atoms with Crippen molar-refractivity contribution < 1.29 is 4.79 Å². The lowest BCUT2D eigenvalue weighted by molar-refractivity contribution is -0.107. The Kier molecular flexibility index (Phi) is 2.45. The minimum atomic E-state index is -0.181. The number of carbonyl (C=O) groups excluding carboxylic acids is 1. The number of fused-ring (bicyclic) bond motifs is 1. The topological polar surface area (TPSA) is 67.2 Å². The van der Waals surface area contributed by atoms with Gasteiger partial charge in [-0.25, -0.2) is 4.52 Å². The minimum Gasteiger partial charge on any atom is -0.310 e. The van der Waals surface area contributed by atoms with Crippen molar-refractivity contribution in [3.63, 3.8) is 0 Å². The van der Waals surface area contributed by atoms with Gasteiger partial charge in [-0.15, -0.1) is 0 Å². The molecule has 0 aliphatic carbocycles. The quantitative estimate of drug-likeness (QED) is 0.744. The van der Waals surface area contributed by atoms with E-state index in [-0.39, 0.29) is 5.56 Å². The van der Waals surface area contributed by atoms with Crippen molar-refractivity contribution in [3.8, 4) is 0 Å². The second-order valence-electron chi connectivity index (χ2n) is 3.03. The molecule has 76 valence electrons. The van der Waals surface area contributed by atoms with Gasteiger partial charge in [0, 0.05) is 12.6 Å². The van der Waals surface area contributed by atoms with Crippen molar-refractivity contribution >= 4 is 17.9 Å². The lowest BCUT2D eigenvalue weighted by Crippen LogP contribution is -2.09. The average molecular weight is 203 g/mol. The molecule has 5 nitrogen and oxygen atoms in total. The van der Waals surface area contributed by atoms with Crippen LogP contribution in [0.15, 0.2) is 29.5 Å².